The second-order valence-electron chi connectivity index (χ2n) is 3.37. The van der Waals surface area contributed by atoms with Crippen molar-refractivity contribution in [2.24, 2.45) is 0 Å². The third-order valence-electron chi connectivity index (χ3n) is 2.06. The van der Waals surface area contributed by atoms with Crippen LogP contribution in [0.15, 0.2) is 10.9 Å². The van der Waals surface area contributed by atoms with Crippen LogP contribution in [0.25, 0.3) is 0 Å². The van der Waals surface area contributed by atoms with Gasteiger partial charge in [-0.2, -0.15) is 0 Å². The number of rotatable bonds is 5. The molecule has 0 aromatic carbocycles. The molecule has 1 rings (SSSR count). The first-order chi connectivity index (χ1) is 7.54. The number of aromatic nitrogens is 2. The Bertz CT molecular complexity index is 439. The predicted molar refractivity (Wildman–Crippen MR) is 56.7 cm³/mol. The number of aryl methyl sites for hydroxylation is 1. The Morgan fingerprint density at radius 3 is 2.88 bits per heavy atom. The Morgan fingerprint density at radius 1 is 1.62 bits per heavy atom. The van der Waals surface area contributed by atoms with Crippen LogP contribution < -0.4 is 10.3 Å². The van der Waals surface area contributed by atoms with Crippen LogP contribution in [-0.4, -0.2) is 27.7 Å². The fourth-order valence-corrected chi connectivity index (χ4v) is 1.34. The highest BCUT2D eigenvalue weighted by atomic mass is 16.5. The monoisotopic (exact) mass is 226 g/mol. The molecule has 0 aliphatic carbocycles. The molecular weight excluding hydrogens is 212 g/mol. The van der Waals surface area contributed by atoms with Gasteiger partial charge >= 0.3 is 5.97 Å². The quantitative estimate of drug-likeness (QED) is 0.787. The van der Waals surface area contributed by atoms with E-state index in [4.69, 9.17) is 9.84 Å². The van der Waals surface area contributed by atoms with E-state index in [2.05, 4.69) is 4.98 Å². The minimum Gasteiger partial charge on any atom is -0.481 e. The molecule has 88 valence electrons. The first-order valence-electron chi connectivity index (χ1n) is 4.89. The predicted octanol–water partition coefficient (Wildman–Crippen LogP) is 0.425. The van der Waals surface area contributed by atoms with Gasteiger partial charge in [0.15, 0.2) is 0 Å². The third kappa shape index (κ3) is 3.08. The van der Waals surface area contributed by atoms with Crippen LogP contribution in [0.1, 0.15) is 18.5 Å². The number of hydrogen-bond donors (Lipinski definition) is 1. The lowest BCUT2D eigenvalue weighted by Crippen LogP contribution is -2.23. The molecule has 6 nitrogen and oxygen atoms in total. The van der Waals surface area contributed by atoms with Gasteiger partial charge in [-0.05, 0) is 13.3 Å². The molecule has 0 radical (unpaired) electrons. The maximum absolute atomic E-state index is 11.6. The van der Waals surface area contributed by atoms with Gasteiger partial charge in [0.05, 0.1) is 7.11 Å². The van der Waals surface area contributed by atoms with E-state index < -0.39 is 5.97 Å². The van der Waals surface area contributed by atoms with Crippen LogP contribution in [0, 0.1) is 6.92 Å². The molecule has 1 aromatic rings. The van der Waals surface area contributed by atoms with E-state index in [9.17, 15) is 9.59 Å². The lowest BCUT2D eigenvalue weighted by Gasteiger charge is -2.09. The fraction of sp³-hybridized carbons (Fsp3) is 0.500. The van der Waals surface area contributed by atoms with Gasteiger partial charge in [-0.1, -0.05) is 0 Å². The first-order valence-corrected chi connectivity index (χ1v) is 4.89. The molecule has 1 N–H and O–H groups in total. The number of carboxylic acid groups (broad SMARTS) is 1. The van der Waals surface area contributed by atoms with Crippen molar-refractivity contribution in [3.63, 3.8) is 0 Å². The molecule has 1 aromatic heterocycles. The third-order valence-corrected chi connectivity index (χ3v) is 2.06. The molecule has 0 spiro atoms. The van der Waals surface area contributed by atoms with Gasteiger partial charge in [0.25, 0.3) is 11.6 Å². The second-order valence-corrected chi connectivity index (χ2v) is 3.37. The molecule has 0 saturated carbocycles. The van der Waals surface area contributed by atoms with Crippen LogP contribution in [0.3, 0.4) is 0 Å². The normalized spacial score (nSPS) is 10.1. The summed E-state index contributed by atoms with van der Waals surface area (Å²) in [6.07, 6.45) is 0.389. The van der Waals surface area contributed by atoms with Gasteiger partial charge in [0, 0.05) is 24.7 Å². The fourth-order valence-electron chi connectivity index (χ4n) is 1.34. The number of aliphatic carboxylic acids is 1. The van der Waals surface area contributed by atoms with E-state index in [-0.39, 0.29) is 18.0 Å². The Kier molecular flexibility index (Phi) is 4.04. The molecule has 0 aliphatic rings. The average Bonchev–Trinajstić information content (AvgIpc) is 2.20. The van der Waals surface area contributed by atoms with Crippen molar-refractivity contribution in [3.05, 3.63) is 22.1 Å². The maximum atomic E-state index is 11.6. The minimum absolute atomic E-state index is 0.0173. The lowest BCUT2D eigenvalue weighted by molar-refractivity contribution is -0.137. The molecular formula is C10H14N2O4. The zero-order valence-electron chi connectivity index (χ0n) is 9.27. The van der Waals surface area contributed by atoms with E-state index in [1.54, 1.807) is 6.92 Å². The van der Waals surface area contributed by atoms with Crippen LogP contribution in [0.2, 0.25) is 0 Å². The van der Waals surface area contributed by atoms with Crippen molar-refractivity contribution in [1.29, 1.82) is 0 Å². The van der Waals surface area contributed by atoms with Crippen LogP contribution >= 0.6 is 0 Å². The van der Waals surface area contributed by atoms with Gasteiger partial charge in [0.1, 0.15) is 0 Å². The van der Waals surface area contributed by atoms with Crippen molar-refractivity contribution in [3.8, 4) is 6.01 Å². The molecule has 0 atom stereocenters. The summed E-state index contributed by atoms with van der Waals surface area (Å²) >= 11 is 0. The second kappa shape index (κ2) is 5.29. The highest BCUT2D eigenvalue weighted by molar-refractivity contribution is 5.66. The Morgan fingerprint density at radius 2 is 2.31 bits per heavy atom. The van der Waals surface area contributed by atoms with Crippen molar-refractivity contribution in [1.82, 2.24) is 9.55 Å². The molecule has 6 heteroatoms. The smallest absolute Gasteiger partial charge is 0.303 e. The van der Waals surface area contributed by atoms with Gasteiger partial charge in [0.2, 0.25) is 0 Å². The number of hydrogen-bond acceptors (Lipinski definition) is 4. The van der Waals surface area contributed by atoms with Gasteiger partial charge in [-0.25, -0.2) is 4.98 Å². The zero-order valence-corrected chi connectivity index (χ0v) is 9.27. The molecule has 16 heavy (non-hydrogen) atoms. The summed E-state index contributed by atoms with van der Waals surface area (Å²) < 4.78 is 6.30. The SMILES string of the molecule is COc1nc(C)cc(=O)n1CCCC(=O)O. The summed E-state index contributed by atoms with van der Waals surface area (Å²) in [6, 6.07) is 1.61. The molecule has 0 aliphatic heterocycles. The van der Waals surface area contributed by atoms with E-state index in [1.165, 1.54) is 17.7 Å². The van der Waals surface area contributed by atoms with E-state index in [0.717, 1.165) is 0 Å². The standard InChI is InChI=1S/C10H14N2O4/c1-7-6-8(13)12(10(11-7)16-2)5-3-4-9(14)15/h6H,3-5H2,1-2H3,(H,14,15). The Labute approximate surface area is 92.5 Å². The van der Waals surface area contributed by atoms with Crippen molar-refractivity contribution in [2.75, 3.05) is 7.11 Å². The lowest BCUT2D eigenvalue weighted by atomic mass is 10.3. The molecule has 0 bridgehead atoms. The summed E-state index contributed by atoms with van der Waals surface area (Å²) in [5, 5.41) is 8.50. The summed E-state index contributed by atoms with van der Waals surface area (Å²) in [6.45, 7) is 1.99. The van der Waals surface area contributed by atoms with Crippen molar-refractivity contribution < 1.29 is 14.6 Å². The summed E-state index contributed by atoms with van der Waals surface area (Å²) in [7, 11) is 1.43. The molecule has 0 fully saturated rings. The number of nitrogens with zero attached hydrogens (tertiary/aromatic N) is 2. The van der Waals surface area contributed by atoms with Crippen molar-refractivity contribution >= 4 is 5.97 Å². The van der Waals surface area contributed by atoms with Crippen LogP contribution in [0.5, 0.6) is 6.01 Å². The van der Waals surface area contributed by atoms with Crippen LogP contribution in [-0.2, 0) is 11.3 Å². The average molecular weight is 226 g/mol. The Balaban J connectivity index is 2.86. The minimum atomic E-state index is -0.882. The summed E-state index contributed by atoms with van der Waals surface area (Å²) in [5.41, 5.74) is 0.353. The topological polar surface area (TPSA) is 81.4 Å². The van der Waals surface area contributed by atoms with E-state index >= 15 is 0 Å². The Hall–Kier alpha value is -1.85. The van der Waals surface area contributed by atoms with Crippen LogP contribution in [0.4, 0.5) is 0 Å². The van der Waals surface area contributed by atoms with E-state index in [0.29, 0.717) is 18.7 Å². The maximum Gasteiger partial charge on any atom is 0.303 e. The number of carbonyl (C=O) groups is 1. The molecule has 0 amide bonds. The highest BCUT2D eigenvalue weighted by Crippen LogP contribution is 2.05. The molecule has 0 unspecified atom stereocenters. The van der Waals surface area contributed by atoms with Gasteiger partial charge in [-0.3, -0.25) is 14.2 Å². The summed E-state index contributed by atoms with van der Waals surface area (Å²) in [4.78, 5) is 26.0. The largest absolute Gasteiger partial charge is 0.481 e. The highest BCUT2D eigenvalue weighted by Gasteiger charge is 2.07. The molecule has 0 saturated heterocycles. The number of carboxylic acids is 1. The number of ether oxygens (including phenoxy) is 1. The molecule has 1 heterocycles. The van der Waals surface area contributed by atoms with Gasteiger partial charge < -0.3 is 9.84 Å². The zero-order chi connectivity index (χ0) is 12.1. The van der Waals surface area contributed by atoms with Gasteiger partial charge in [-0.15, -0.1) is 0 Å². The first kappa shape index (κ1) is 12.2. The number of methoxy groups -OCH3 is 1. The van der Waals surface area contributed by atoms with Crippen molar-refractivity contribution in [2.45, 2.75) is 26.3 Å². The van der Waals surface area contributed by atoms with E-state index in [1.807, 2.05) is 0 Å². The summed E-state index contributed by atoms with van der Waals surface area (Å²) in [5.74, 6) is -0.882.